The van der Waals surface area contributed by atoms with Crippen molar-refractivity contribution >= 4 is 5.97 Å². The third-order valence-corrected chi connectivity index (χ3v) is 6.51. The summed E-state index contributed by atoms with van der Waals surface area (Å²) in [6.45, 7) is 4.62. The van der Waals surface area contributed by atoms with Crippen LogP contribution in [0.25, 0.3) is 0 Å². The third-order valence-electron chi connectivity index (χ3n) is 6.51. The van der Waals surface area contributed by atoms with Gasteiger partial charge in [0.05, 0.1) is 18.1 Å². The van der Waals surface area contributed by atoms with E-state index in [0.717, 1.165) is 44.1 Å². The zero-order chi connectivity index (χ0) is 24.2. The predicted molar refractivity (Wildman–Crippen MR) is 137 cm³/mol. The fraction of sp³-hybridized carbons (Fsp3) is 0.759. The van der Waals surface area contributed by atoms with Crippen molar-refractivity contribution in [2.45, 2.75) is 135 Å². The van der Waals surface area contributed by atoms with Crippen molar-refractivity contribution in [3.8, 4) is 0 Å². The van der Waals surface area contributed by atoms with Crippen molar-refractivity contribution in [1.29, 1.82) is 0 Å². The summed E-state index contributed by atoms with van der Waals surface area (Å²) < 4.78 is 5.53. The molecule has 0 spiro atoms. The van der Waals surface area contributed by atoms with E-state index in [4.69, 9.17) is 4.74 Å². The molecule has 0 heterocycles. The molecular weight excluding hydrogens is 412 g/mol. The molecule has 4 nitrogen and oxygen atoms in total. The lowest BCUT2D eigenvalue weighted by Gasteiger charge is -2.24. The van der Waals surface area contributed by atoms with E-state index in [1.165, 1.54) is 44.9 Å². The molecule has 2 N–H and O–H groups in total. The highest BCUT2D eigenvalue weighted by atomic mass is 16.5. The minimum Gasteiger partial charge on any atom is -0.461 e. The van der Waals surface area contributed by atoms with Gasteiger partial charge in [0, 0.05) is 6.42 Å². The average molecular weight is 463 g/mol. The first-order valence-electron chi connectivity index (χ1n) is 13.6. The maximum Gasteiger partial charge on any atom is 0.311 e. The molecule has 4 heteroatoms. The molecule has 1 aromatic carbocycles. The van der Waals surface area contributed by atoms with Crippen LogP contribution in [0, 0.1) is 5.92 Å². The molecule has 33 heavy (non-hydrogen) atoms. The Morgan fingerprint density at radius 3 is 1.88 bits per heavy atom. The van der Waals surface area contributed by atoms with Gasteiger partial charge in [-0.1, -0.05) is 128 Å². The van der Waals surface area contributed by atoms with E-state index < -0.39 is 18.1 Å². The topological polar surface area (TPSA) is 66.8 Å². The van der Waals surface area contributed by atoms with Crippen LogP contribution in [0.2, 0.25) is 0 Å². The lowest BCUT2D eigenvalue weighted by molar-refractivity contribution is -0.155. The van der Waals surface area contributed by atoms with Crippen LogP contribution in [0.15, 0.2) is 30.3 Å². The molecule has 190 valence electrons. The fourth-order valence-corrected chi connectivity index (χ4v) is 4.35. The highest BCUT2D eigenvalue weighted by Crippen LogP contribution is 2.22. The molecule has 3 atom stereocenters. The van der Waals surface area contributed by atoms with E-state index in [2.05, 4.69) is 13.8 Å². The van der Waals surface area contributed by atoms with Crippen molar-refractivity contribution in [2.24, 2.45) is 5.92 Å². The van der Waals surface area contributed by atoms with Crippen LogP contribution >= 0.6 is 0 Å². The summed E-state index contributed by atoms with van der Waals surface area (Å²) in [5, 5.41) is 21.2. The summed E-state index contributed by atoms with van der Waals surface area (Å²) in [6.07, 6.45) is 15.5. The molecule has 0 unspecified atom stereocenters. The van der Waals surface area contributed by atoms with Crippen LogP contribution in [0.1, 0.15) is 122 Å². The van der Waals surface area contributed by atoms with Crippen LogP contribution in [-0.2, 0) is 16.1 Å². The number of carbonyl (C=O) groups is 1. The molecule has 1 rings (SSSR count). The molecule has 0 aliphatic rings. The molecule has 0 aliphatic heterocycles. The number of esters is 1. The minimum absolute atomic E-state index is 0.221. The van der Waals surface area contributed by atoms with E-state index >= 15 is 0 Å². The molecule has 0 saturated heterocycles. The van der Waals surface area contributed by atoms with Gasteiger partial charge in [-0.25, -0.2) is 0 Å². The van der Waals surface area contributed by atoms with E-state index in [-0.39, 0.29) is 19.0 Å². The largest absolute Gasteiger partial charge is 0.461 e. The van der Waals surface area contributed by atoms with Crippen molar-refractivity contribution in [1.82, 2.24) is 0 Å². The SMILES string of the molecule is CCCCCCCCCCC[C@@H](O)C[C@H](O)[C@H](CCCCCC)C(=O)OCc1ccccc1. The first kappa shape index (κ1) is 29.6. The van der Waals surface area contributed by atoms with E-state index in [1.54, 1.807) is 0 Å². The monoisotopic (exact) mass is 462 g/mol. The summed E-state index contributed by atoms with van der Waals surface area (Å²) in [4.78, 5) is 12.8. The number of carbonyl (C=O) groups excluding carboxylic acids is 1. The van der Waals surface area contributed by atoms with Gasteiger partial charge in [-0.2, -0.15) is 0 Å². The second kappa shape index (κ2) is 20.0. The van der Waals surface area contributed by atoms with Crippen LogP contribution in [0.4, 0.5) is 0 Å². The number of hydrogen-bond donors (Lipinski definition) is 2. The molecule has 1 aromatic rings. The van der Waals surface area contributed by atoms with E-state index in [0.29, 0.717) is 12.8 Å². The Balaban J connectivity index is 2.36. The Bertz CT molecular complexity index is 574. The van der Waals surface area contributed by atoms with E-state index in [9.17, 15) is 15.0 Å². The predicted octanol–water partition coefficient (Wildman–Crippen LogP) is 7.35. The summed E-state index contributed by atoms with van der Waals surface area (Å²) in [5.41, 5.74) is 0.940. The summed E-state index contributed by atoms with van der Waals surface area (Å²) in [7, 11) is 0. The lowest BCUT2D eigenvalue weighted by atomic mass is 9.90. The quantitative estimate of drug-likeness (QED) is 0.148. The number of unbranched alkanes of at least 4 members (excludes halogenated alkanes) is 11. The molecule has 0 aromatic heterocycles. The zero-order valence-electron chi connectivity index (χ0n) is 21.4. The minimum atomic E-state index is -0.858. The van der Waals surface area contributed by atoms with Gasteiger partial charge in [-0.05, 0) is 18.4 Å². The first-order chi connectivity index (χ1) is 16.1. The highest BCUT2D eigenvalue weighted by molar-refractivity contribution is 5.73. The van der Waals surface area contributed by atoms with Crippen LogP contribution in [0.3, 0.4) is 0 Å². The van der Waals surface area contributed by atoms with Crippen molar-refractivity contribution in [2.75, 3.05) is 0 Å². The standard InChI is InChI=1S/C29H50O4/c1-3-5-7-9-10-11-12-13-17-21-26(30)23-28(31)27(22-18-8-6-4-2)29(32)33-24-25-19-15-14-16-20-25/h14-16,19-20,26-28,30-31H,3-13,17-18,21-24H2,1-2H3/t26-,27+,28+/m1/s1. The van der Waals surface area contributed by atoms with Gasteiger partial charge in [0.2, 0.25) is 0 Å². The number of aliphatic hydroxyl groups excluding tert-OH is 2. The summed E-state index contributed by atoms with van der Waals surface area (Å²) in [5.74, 6) is -0.915. The van der Waals surface area contributed by atoms with Gasteiger partial charge < -0.3 is 14.9 Å². The van der Waals surface area contributed by atoms with Crippen molar-refractivity contribution < 1.29 is 19.7 Å². The lowest BCUT2D eigenvalue weighted by Crippen LogP contribution is -2.33. The molecule has 0 saturated carbocycles. The maximum absolute atomic E-state index is 12.8. The third kappa shape index (κ3) is 15.2. The van der Waals surface area contributed by atoms with Gasteiger partial charge >= 0.3 is 5.97 Å². The molecule has 0 aliphatic carbocycles. The number of benzene rings is 1. The van der Waals surface area contributed by atoms with Gasteiger partial charge in [0.25, 0.3) is 0 Å². The van der Waals surface area contributed by atoms with Crippen molar-refractivity contribution in [3.63, 3.8) is 0 Å². The van der Waals surface area contributed by atoms with Gasteiger partial charge in [-0.3, -0.25) is 4.79 Å². The van der Waals surface area contributed by atoms with Crippen LogP contribution < -0.4 is 0 Å². The number of rotatable bonds is 21. The maximum atomic E-state index is 12.8. The van der Waals surface area contributed by atoms with Gasteiger partial charge in [0.1, 0.15) is 6.61 Å². The number of ether oxygens (including phenoxy) is 1. The Morgan fingerprint density at radius 2 is 1.27 bits per heavy atom. The summed E-state index contributed by atoms with van der Waals surface area (Å²) >= 11 is 0. The number of aliphatic hydroxyl groups is 2. The molecule has 0 bridgehead atoms. The van der Waals surface area contributed by atoms with E-state index in [1.807, 2.05) is 30.3 Å². The molecular formula is C29H50O4. The number of hydrogen-bond acceptors (Lipinski definition) is 4. The smallest absolute Gasteiger partial charge is 0.311 e. The summed E-state index contributed by atoms with van der Waals surface area (Å²) in [6, 6.07) is 9.62. The molecule has 0 fully saturated rings. The fourth-order valence-electron chi connectivity index (χ4n) is 4.35. The highest BCUT2D eigenvalue weighted by Gasteiger charge is 2.29. The molecule has 0 radical (unpaired) electrons. The first-order valence-corrected chi connectivity index (χ1v) is 13.6. The zero-order valence-corrected chi connectivity index (χ0v) is 21.4. The molecule has 0 amide bonds. The second-order valence-electron chi connectivity index (χ2n) is 9.62. The Hall–Kier alpha value is -1.39. The second-order valence-corrected chi connectivity index (χ2v) is 9.62. The van der Waals surface area contributed by atoms with Crippen LogP contribution in [0.5, 0.6) is 0 Å². The van der Waals surface area contributed by atoms with Crippen molar-refractivity contribution in [3.05, 3.63) is 35.9 Å². The van der Waals surface area contributed by atoms with Crippen LogP contribution in [-0.4, -0.2) is 28.4 Å². The average Bonchev–Trinajstić information content (AvgIpc) is 2.82. The Kier molecular flexibility index (Phi) is 18.0. The van der Waals surface area contributed by atoms with Gasteiger partial charge in [-0.15, -0.1) is 0 Å². The van der Waals surface area contributed by atoms with Gasteiger partial charge in [0.15, 0.2) is 0 Å². The Labute approximate surface area is 203 Å². The Morgan fingerprint density at radius 1 is 0.758 bits per heavy atom. The normalized spacial score (nSPS) is 14.1.